The number of sulfone groups is 1. The van der Waals surface area contributed by atoms with Crippen LogP contribution in [0.4, 0.5) is 11.6 Å². The van der Waals surface area contributed by atoms with Gasteiger partial charge in [0.15, 0.2) is 0 Å². The molecule has 5 nitrogen and oxygen atoms in total. The highest BCUT2D eigenvalue weighted by atomic mass is 35.5. The fourth-order valence-electron chi connectivity index (χ4n) is 1.48. The summed E-state index contributed by atoms with van der Waals surface area (Å²) >= 11 is 11.6. The third-order valence-corrected chi connectivity index (χ3v) is 4.94. The van der Waals surface area contributed by atoms with E-state index in [4.69, 9.17) is 34.7 Å². The molecule has 19 heavy (non-hydrogen) atoms. The van der Waals surface area contributed by atoms with E-state index in [0.29, 0.717) is 0 Å². The van der Waals surface area contributed by atoms with Crippen molar-refractivity contribution in [1.82, 2.24) is 4.98 Å². The van der Waals surface area contributed by atoms with E-state index in [1.54, 1.807) is 0 Å². The van der Waals surface area contributed by atoms with Crippen molar-refractivity contribution < 1.29 is 8.42 Å². The number of nitrogen functional groups attached to an aromatic ring is 2. The van der Waals surface area contributed by atoms with Gasteiger partial charge in [0.1, 0.15) is 16.5 Å². The van der Waals surface area contributed by atoms with Crippen LogP contribution in [0.15, 0.2) is 40.1 Å². The molecule has 2 aromatic rings. The number of anilines is 2. The Morgan fingerprint density at radius 3 is 2.26 bits per heavy atom. The molecule has 1 heterocycles. The minimum atomic E-state index is -3.81. The molecule has 0 aliphatic carbocycles. The maximum atomic E-state index is 12.4. The molecule has 0 unspecified atom stereocenters. The molecular formula is C11H9Cl2N3O2S. The summed E-state index contributed by atoms with van der Waals surface area (Å²) in [6.07, 6.45) is 0. The second-order valence-electron chi connectivity index (χ2n) is 3.70. The van der Waals surface area contributed by atoms with Crippen LogP contribution in [-0.2, 0) is 9.84 Å². The predicted molar refractivity (Wildman–Crippen MR) is 75.0 cm³/mol. The van der Waals surface area contributed by atoms with E-state index >= 15 is 0 Å². The van der Waals surface area contributed by atoms with Crippen molar-refractivity contribution >= 4 is 44.7 Å². The molecule has 0 fully saturated rings. The highest BCUT2D eigenvalue weighted by Crippen LogP contribution is 2.30. The minimum Gasteiger partial charge on any atom is -0.384 e. The summed E-state index contributed by atoms with van der Waals surface area (Å²) in [4.78, 5) is 3.58. The molecule has 4 N–H and O–H groups in total. The van der Waals surface area contributed by atoms with Gasteiger partial charge in [-0.1, -0.05) is 23.2 Å². The van der Waals surface area contributed by atoms with Crippen molar-refractivity contribution in [3.8, 4) is 0 Å². The van der Waals surface area contributed by atoms with Gasteiger partial charge < -0.3 is 11.5 Å². The average molecular weight is 318 g/mol. The zero-order chi connectivity index (χ0) is 14.2. The molecule has 2 rings (SSSR count). The first-order valence-electron chi connectivity index (χ1n) is 5.04. The number of aromatic nitrogens is 1. The van der Waals surface area contributed by atoms with Gasteiger partial charge in [-0.25, -0.2) is 13.4 Å². The molecule has 0 atom stereocenters. The number of halogens is 2. The van der Waals surface area contributed by atoms with Crippen LogP contribution in [0.2, 0.25) is 10.0 Å². The van der Waals surface area contributed by atoms with Crippen LogP contribution in [0, 0.1) is 0 Å². The maximum absolute atomic E-state index is 12.4. The van der Waals surface area contributed by atoms with E-state index in [9.17, 15) is 8.42 Å². The van der Waals surface area contributed by atoms with Crippen LogP contribution in [0.25, 0.3) is 0 Å². The number of hydrogen-bond donors (Lipinski definition) is 2. The number of rotatable bonds is 2. The first kappa shape index (κ1) is 13.9. The molecular weight excluding hydrogens is 309 g/mol. The standard InChI is InChI=1S/C11H9Cl2N3O2S/c12-7-2-1-6(5-8(7)13)19(17,18)9-3-4-10(14)16-11(9)15/h1-5H,(H4,14,15,16). The van der Waals surface area contributed by atoms with Gasteiger partial charge in [-0.15, -0.1) is 0 Å². The van der Waals surface area contributed by atoms with Crippen molar-refractivity contribution in [1.29, 1.82) is 0 Å². The van der Waals surface area contributed by atoms with E-state index in [-0.39, 0.29) is 31.5 Å². The molecule has 0 aliphatic heterocycles. The Hall–Kier alpha value is -1.50. The first-order chi connectivity index (χ1) is 8.82. The number of nitrogens with two attached hydrogens (primary N) is 2. The number of nitrogens with zero attached hydrogens (tertiary/aromatic N) is 1. The fourth-order valence-corrected chi connectivity index (χ4v) is 3.18. The van der Waals surface area contributed by atoms with Gasteiger partial charge in [-0.05, 0) is 30.3 Å². The summed E-state index contributed by atoms with van der Waals surface area (Å²) in [5.41, 5.74) is 11.0. The molecule has 1 aromatic heterocycles. The molecule has 0 spiro atoms. The van der Waals surface area contributed by atoms with Crippen LogP contribution in [0.1, 0.15) is 0 Å². The normalized spacial score (nSPS) is 11.5. The molecule has 8 heteroatoms. The van der Waals surface area contributed by atoms with Gasteiger partial charge in [0, 0.05) is 0 Å². The van der Waals surface area contributed by atoms with Gasteiger partial charge in [-0.2, -0.15) is 0 Å². The van der Waals surface area contributed by atoms with Gasteiger partial charge >= 0.3 is 0 Å². The quantitative estimate of drug-likeness (QED) is 0.885. The van der Waals surface area contributed by atoms with Gasteiger partial charge in [0.2, 0.25) is 9.84 Å². The number of benzene rings is 1. The number of hydrogen-bond acceptors (Lipinski definition) is 5. The Kier molecular flexibility index (Phi) is 3.58. The lowest BCUT2D eigenvalue weighted by Crippen LogP contribution is -2.08. The maximum Gasteiger partial charge on any atom is 0.210 e. The lowest BCUT2D eigenvalue weighted by atomic mass is 10.4. The van der Waals surface area contributed by atoms with E-state index < -0.39 is 9.84 Å². The van der Waals surface area contributed by atoms with Crippen LogP contribution in [-0.4, -0.2) is 13.4 Å². The summed E-state index contributed by atoms with van der Waals surface area (Å²) in [5, 5.41) is 0.411. The monoisotopic (exact) mass is 317 g/mol. The SMILES string of the molecule is Nc1ccc(S(=O)(=O)c2ccc(Cl)c(Cl)c2)c(N)n1. The van der Waals surface area contributed by atoms with Crippen molar-refractivity contribution in [2.45, 2.75) is 9.79 Å². The van der Waals surface area contributed by atoms with Gasteiger partial charge in [-0.3, -0.25) is 0 Å². The third kappa shape index (κ3) is 2.60. The van der Waals surface area contributed by atoms with E-state index in [1.807, 2.05) is 0 Å². The molecule has 0 saturated heterocycles. The molecule has 0 amide bonds. The Balaban J connectivity index is 2.62. The lowest BCUT2D eigenvalue weighted by Gasteiger charge is -2.08. The Morgan fingerprint density at radius 1 is 1.00 bits per heavy atom. The van der Waals surface area contributed by atoms with Crippen LogP contribution < -0.4 is 11.5 Å². The van der Waals surface area contributed by atoms with Gasteiger partial charge in [0.25, 0.3) is 0 Å². The summed E-state index contributed by atoms with van der Waals surface area (Å²) in [5.74, 6) is -0.0170. The van der Waals surface area contributed by atoms with E-state index in [0.717, 1.165) is 0 Å². The average Bonchev–Trinajstić information content (AvgIpc) is 2.32. The molecule has 0 radical (unpaired) electrons. The van der Waals surface area contributed by atoms with E-state index in [2.05, 4.69) is 4.98 Å². The van der Waals surface area contributed by atoms with Gasteiger partial charge in [0.05, 0.1) is 14.9 Å². The van der Waals surface area contributed by atoms with Crippen molar-refractivity contribution in [3.63, 3.8) is 0 Å². The van der Waals surface area contributed by atoms with Crippen LogP contribution in [0.3, 0.4) is 0 Å². The molecule has 1 aromatic carbocycles. The van der Waals surface area contributed by atoms with Crippen molar-refractivity contribution in [2.75, 3.05) is 11.5 Å². The smallest absolute Gasteiger partial charge is 0.210 e. The zero-order valence-electron chi connectivity index (χ0n) is 9.47. The fraction of sp³-hybridized carbons (Fsp3) is 0. The largest absolute Gasteiger partial charge is 0.384 e. The Labute approximate surface area is 120 Å². The minimum absolute atomic E-state index is 0.0137. The number of pyridine rings is 1. The second kappa shape index (κ2) is 4.88. The summed E-state index contributed by atoms with van der Waals surface area (Å²) < 4.78 is 24.7. The van der Waals surface area contributed by atoms with E-state index in [1.165, 1.54) is 30.3 Å². The topological polar surface area (TPSA) is 99.1 Å². The van der Waals surface area contributed by atoms with Crippen molar-refractivity contribution in [2.24, 2.45) is 0 Å². The molecule has 0 bridgehead atoms. The zero-order valence-corrected chi connectivity index (χ0v) is 11.8. The Bertz CT molecular complexity index is 748. The lowest BCUT2D eigenvalue weighted by molar-refractivity contribution is 0.596. The first-order valence-corrected chi connectivity index (χ1v) is 7.28. The second-order valence-corrected chi connectivity index (χ2v) is 6.43. The predicted octanol–water partition coefficient (Wildman–Crippen LogP) is 2.39. The summed E-state index contributed by atoms with van der Waals surface area (Å²) in [6, 6.07) is 6.67. The highest BCUT2D eigenvalue weighted by Gasteiger charge is 2.22. The highest BCUT2D eigenvalue weighted by molar-refractivity contribution is 7.91. The summed E-state index contributed by atoms with van der Waals surface area (Å²) in [7, 11) is -3.81. The van der Waals surface area contributed by atoms with Crippen LogP contribution >= 0.6 is 23.2 Å². The summed E-state index contributed by atoms with van der Waals surface area (Å²) in [6.45, 7) is 0. The Morgan fingerprint density at radius 2 is 1.68 bits per heavy atom. The van der Waals surface area contributed by atoms with Crippen LogP contribution in [0.5, 0.6) is 0 Å². The third-order valence-electron chi connectivity index (χ3n) is 2.40. The van der Waals surface area contributed by atoms with Crippen molar-refractivity contribution in [3.05, 3.63) is 40.4 Å². The molecule has 0 aliphatic rings. The molecule has 0 saturated carbocycles. The molecule has 100 valence electrons.